The SMILES string of the molecule is C=Cc1cnc(CCN=C(N=C)C(F)(F)F)nc1-c1ccccc1Cl. The molecule has 0 saturated heterocycles. The van der Waals surface area contributed by atoms with Crippen LogP contribution in [0.4, 0.5) is 13.2 Å². The maximum absolute atomic E-state index is 12.6. The summed E-state index contributed by atoms with van der Waals surface area (Å²) in [6.07, 6.45) is -1.37. The van der Waals surface area contributed by atoms with Gasteiger partial charge in [-0.3, -0.25) is 4.99 Å². The average Bonchev–Trinajstić information content (AvgIpc) is 2.58. The number of hydrogen-bond donors (Lipinski definition) is 0. The van der Waals surface area contributed by atoms with Crippen molar-refractivity contribution in [2.45, 2.75) is 12.6 Å². The first kappa shape index (κ1) is 18.8. The number of aromatic nitrogens is 2. The van der Waals surface area contributed by atoms with Gasteiger partial charge in [-0.05, 0) is 12.8 Å². The second-order valence-corrected chi connectivity index (χ2v) is 5.29. The summed E-state index contributed by atoms with van der Waals surface area (Å²) in [5.74, 6) is -0.920. The highest BCUT2D eigenvalue weighted by atomic mass is 35.5. The van der Waals surface area contributed by atoms with E-state index in [0.717, 1.165) is 0 Å². The van der Waals surface area contributed by atoms with Crippen LogP contribution in [-0.2, 0) is 6.42 Å². The summed E-state index contributed by atoms with van der Waals surface area (Å²) in [4.78, 5) is 14.8. The molecule has 4 nitrogen and oxygen atoms in total. The molecule has 0 aliphatic carbocycles. The number of aliphatic imine (C=N–C) groups is 2. The Balaban J connectivity index is 2.28. The minimum Gasteiger partial charge on any atom is -0.262 e. The molecule has 0 amide bonds. The topological polar surface area (TPSA) is 50.5 Å². The Morgan fingerprint density at radius 2 is 2.00 bits per heavy atom. The van der Waals surface area contributed by atoms with E-state index in [4.69, 9.17) is 11.6 Å². The molecule has 0 aliphatic rings. The molecule has 1 heterocycles. The Kier molecular flexibility index (Phi) is 6.03. The summed E-state index contributed by atoms with van der Waals surface area (Å²) >= 11 is 6.19. The third-order valence-corrected chi connectivity index (χ3v) is 3.55. The number of halogens is 4. The van der Waals surface area contributed by atoms with Crippen LogP contribution in [0.3, 0.4) is 0 Å². The zero-order valence-corrected chi connectivity index (χ0v) is 13.8. The van der Waals surface area contributed by atoms with E-state index in [1.165, 1.54) is 0 Å². The smallest absolute Gasteiger partial charge is 0.262 e. The molecule has 0 radical (unpaired) electrons. The molecular weight excluding hydrogens is 353 g/mol. The van der Waals surface area contributed by atoms with E-state index in [-0.39, 0.29) is 13.0 Å². The van der Waals surface area contributed by atoms with Gasteiger partial charge in [0, 0.05) is 35.3 Å². The minimum atomic E-state index is -4.63. The van der Waals surface area contributed by atoms with Crippen LogP contribution in [0.5, 0.6) is 0 Å². The highest BCUT2D eigenvalue weighted by Gasteiger charge is 2.35. The fourth-order valence-corrected chi connectivity index (χ4v) is 2.28. The lowest BCUT2D eigenvalue weighted by molar-refractivity contribution is -0.0598. The highest BCUT2D eigenvalue weighted by Crippen LogP contribution is 2.29. The van der Waals surface area contributed by atoms with Crippen molar-refractivity contribution >= 4 is 30.2 Å². The Morgan fingerprint density at radius 3 is 2.60 bits per heavy atom. The fourth-order valence-electron chi connectivity index (χ4n) is 2.06. The number of benzene rings is 1. The number of hydrogen-bond acceptors (Lipinski definition) is 3. The van der Waals surface area contributed by atoms with E-state index < -0.39 is 12.0 Å². The van der Waals surface area contributed by atoms with Gasteiger partial charge in [0.15, 0.2) is 0 Å². The van der Waals surface area contributed by atoms with Crippen LogP contribution in [0.2, 0.25) is 5.02 Å². The summed E-state index contributed by atoms with van der Waals surface area (Å²) < 4.78 is 37.7. The second kappa shape index (κ2) is 8.02. The first-order valence-corrected chi connectivity index (χ1v) is 7.56. The number of amidine groups is 1. The van der Waals surface area contributed by atoms with Gasteiger partial charge in [0.1, 0.15) is 5.82 Å². The quantitative estimate of drug-likeness (QED) is 0.571. The Hall–Kier alpha value is -2.54. The molecule has 0 unspecified atom stereocenters. The zero-order valence-electron chi connectivity index (χ0n) is 13.1. The fraction of sp³-hybridized carbons (Fsp3) is 0.176. The Morgan fingerprint density at radius 1 is 1.28 bits per heavy atom. The van der Waals surface area contributed by atoms with Gasteiger partial charge in [-0.2, -0.15) is 13.2 Å². The molecule has 0 saturated carbocycles. The first-order valence-electron chi connectivity index (χ1n) is 7.18. The normalized spacial score (nSPS) is 12.1. The molecule has 2 rings (SSSR count). The third kappa shape index (κ3) is 4.73. The van der Waals surface area contributed by atoms with Gasteiger partial charge in [0.2, 0.25) is 5.84 Å². The van der Waals surface area contributed by atoms with Crippen molar-refractivity contribution in [3.05, 3.63) is 53.5 Å². The van der Waals surface area contributed by atoms with E-state index in [9.17, 15) is 13.2 Å². The van der Waals surface area contributed by atoms with Crippen molar-refractivity contribution in [1.82, 2.24) is 9.97 Å². The molecule has 130 valence electrons. The van der Waals surface area contributed by atoms with E-state index >= 15 is 0 Å². The van der Waals surface area contributed by atoms with Crippen molar-refractivity contribution in [2.75, 3.05) is 6.54 Å². The van der Waals surface area contributed by atoms with Gasteiger partial charge >= 0.3 is 6.18 Å². The van der Waals surface area contributed by atoms with Crippen LogP contribution in [0.25, 0.3) is 17.3 Å². The lowest BCUT2D eigenvalue weighted by Gasteiger charge is -2.09. The molecule has 0 aliphatic heterocycles. The van der Waals surface area contributed by atoms with E-state index in [1.54, 1.807) is 30.5 Å². The number of rotatable bonds is 5. The Labute approximate surface area is 147 Å². The van der Waals surface area contributed by atoms with Gasteiger partial charge in [-0.1, -0.05) is 42.5 Å². The predicted octanol–water partition coefficient (Wildman–Crippen LogP) is 4.64. The third-order valence-electron chi connectivity index (χ3n) is 3.22. The minimum absolute atomic E-state index is 0.115. The molecule has 0 spiro atoms. The van der Waals surface area contributed by atoms with E-state index in [0.29, 0.717) is 27.7 Å². The van der Waals surface area contributed by atoms with Gasteiger partial charge in [-0.15, -0.1) is 0 Å². The summed E-state index contributed by atoms with van der Waals surface area (Å²) in [7, 11) is 0. The van der Waals surface area contributed by atoms with E-state index in [2.05, 4.69) is 33.2 Å². The van der Waals surface area contributed by atoms with Crippen LogP contribution < -0.4 is 0 Å². The Bertz CT molecular complexity index is 816. The molecule has 1 aromatic heterocycles. The largest absolute Gasteiger partial charge is 0.451 e. The molecule has 0 fully saturated rings. The van der Waals surface area contributed by atoms with Gasteiger partial charge in [-0.25, -0.2) is 15.0 Å². The molecule has 0 N–H and O–H groups in total. The van der Waals surface area contributed by atoms with Crippen molar-refractivity contribution in [3.8, 4) is 11.3 Å². The van der Waals surface area contributed by atoms with Gasteiger partial charge in [0.05, 0.1) is 5.69 Å². The van der Waals surface area contributed by atoms with Crippen LogP contribution in [0.15, 0.2) is 47.0 Å². The van der Waals surface area contributed by atoms with Crippen LogP contribution >= 0.6 is 11.6 Å². The van der Waals surface area contributed by atoms with Crippen molar-refractivity contribution < 1.29 is 13.2 Å². The number of nitrogens with zero attached hydrogens (tertiary/aromatic N) is 4. The summed E-state index contributed by atoms with van der Waals surface area (Å²) in [5.41, 5.74) is 1.92. The second-order valence-electron chi connectivity index (χ2n) is 4.89. The molecular formula is C17H14ClF3N4. The summed E-state index contributed by atoms with van der Waals surface area (Å²) in [6.45, 7) is 6.43. The monoisotopic (exact) mass is 366 g/mol. The van der Waals surface area contributed by atoms with Gasteiger partial charge in [0.25, 0.3) is 0 Å². The maximum Gasteiger partial charge on any atom is 0.451 e. The summed E-state index contributed by atoms with van der Waals surface area (Å²) in [6, 6.07) is 7.12. The summed E-state index contributed by atoms with van der Waals surface area (Å²) in [5, 5.41) is 0.503. The van der Waals surface area contributed by atoms with Crippen LogP contribution in [0.1, 0.15) is 11.4 Å². The van der Waals surface area contributed by atoms with Gasteiger partial charge < -0.3 is 0 Å². The molecule has 1 aromatic carbocycles. The molecule has 0 bridgehead atoms. The molecule has 2 aromatic rings. The van der Waals surface area contributed by atoms with Crippen LogP contribution in [0, 0.1) is 0 Å². The highest BCUT2D eigenvalue weighted by molar-refractivity contribution is 6.33. The lowest BCUT2D eigenvalue weighted by atomic mass is 10.1. The average molecular weight is 367 g/mol. The standard InChI is InChI=1S/C17H14ClF3N4/c1-3-11-10-24-14(8-9-23-16(22-2)17(19,20)21)25-15(11)12-6-4-5-7-13(12)18/h3-7,10H,1-2,8-9H2. The van der Waals surface area contributed by atoms with Crippen molar-refractivity contribution in [2.24, 2.45) is 9.98 Å². The van der Waals surface area contributed by atoms with Crippen molar-refractivity contribution in [1.29, 1.82) is 0 Å². The zero-order chi connectivity index (χ0) is 18.4. The van der Waals surface area contributed by atoms with Crippen LogP contribution in [-0.4, -0.2) is 35.2 Å². The lowest BCUT2D eigenvalue weighted by Crippen LogP contribution is -2.21. The molecule has 0 atom stereocenters. The van der Waals surface area contributed by atoms with Crippen molar-refractivity contribution in [3.63, 3.8) is 0 Å². The first-order chi connectivity index (χ1) is 11.9. The number of alkyl halides is 3. The maximum atomic E-state index is 12.6. The van der Waals surface area contributed by atoms with E-state index in [1.807, 2.05) is 6.07 Å². The molecule has 8 heteroatoms. The molecule has 25 heavy (non-hydrogen) atoms. The predicted molar refractivity (Wildman–Crippen MR) is 94.2 cm³/mol.